The summed E-state index contributed by atoms with van der Waals surface area (Å²) in [6.07, 6.45) is 4.94. The predicted molar refractivity (Wildman–Crippen MR) is 129 cm³/mol. The molecule has 7 nitrogen and oxygen atoms in total. The number of benzene rings is 2. The number of amides is 2. The van der Waals surface area contributed by atoms with Crippen molar-refractivity contribution in [1.29, 1.82) is 0 Å². The fourth-order valence-electron chi connectivity index (χ4n) is 4.17. The van der Waals surface area contributed by atoms with Gasteiger partial charge in [-0.2, -0.15) is 5.10 Å². The quantitative estimate of drug-likeness (QED) is 0.606. The average Bonchev–Trinajstić information content (AvgIpc) is 3.30. The molecule has 1 fully saturated rings. The maximum absolute atomic E-state index is 12.7. The zero-order valence-electron chi connectivity index (χ0n) is 19.3. The van der Waals surface area contributed by atoms with Gasteiger partial charge in [0, 0.05) is 44.5 Å². The predicted octanol–water partition coefficient (Wildman–Crippen LogP) is 3.20. The Balaban J connectivity index is 1.21. The number of aromatic nitrogens is 2. The van der Waals surface area contributed by atoms with Crippen LogP contribution in [0.3, 0.4) is 0 Å². The van der Waals surface area contributed by atoms with E-state index in [0.29, 0.717) is 45.6 Å². The topological polar surface area (TPSA) is 70.5 Å². The second-order valence-electron chi connectivity index (χ2n) is 8.60. The molecule has 0 bridgehead atoms. The first-order chi connectivity index (χ1) is 16.0. The lowest BCUT2D eigenvalue weighted by molar-refractivity contribution is -0.133. The van der Waals surface area contributed by atoms with Crippen molar-refractivity contribution in [3.8, 4) is 5.69 Å². The van der Waals surface area contributed by atoms with Crippen LogP contribution in [-0.4, -0.2) is 64.1 Å². The highest BCUT2D eigenvalue weighted by atomic mass is 16.2. The molecule has 0 saturated carbocycles. The normalized spacial score (nSPS) is 14.3. The Bertz CT molecular complexity index is 1080. The number of piperazine rings is 1. The van der Waals surface area contributed by atoms with Crippen LogP contribution >= 0.6 is 0 Å². The highest BCUT2D eigenvalue weighted by Gasteiger charge is 2.22. The fourth-order valence-corrected chi connectivity index (χ4v) is 4.17. The average molecular weight is 446 g/mol. The molecule has 1 aromatic heterocycles. The smallest absolute Gasteiger partial charge is 0.238 e. The van der Waals surface area contributed by atoms with Gasteiger partial charge in [-0.15, -0.1) is 0 Å². The molecule has 1 aliphatic rings. The highest BCUT2D eigenvalue weighted by Crippen LogP contribution is 2.19. The Labute approximate surface area is 195 Å². The van der Waals surface area contributed by atoms with Gasteiger partial charge in [-0.05, 0) is 49.1 Å². The van der Waals surface area contributed by atoms with Gasteiger partial charge in [-0.1, -0.05) is 36.4 Å². The van der Waals surface area contributed by atoms with E-state index in [1.165, 1.54) is 0 Å². The maximum atomic E-state index is 12.7. The number of aryl methyl sites for hydroxylation is 3. The van der Waals surface area contributed by atoms with E-state index >= 15 is 0 Å². The van der Waals surface area contributed by atoms with Crippen molar-refractivity contribution in [3.63, 3.8) is 0 Å². The summed E-state index contributed by atoms with van der Waals surface area (Å²) in [4.78, 5) is 29.2. The molecule has 7 heteroatoms. The first-order valence-electron chi connectivity index (χ1n) is 11.4. The van der Waals surface area contributed by atoms with Crippen molar-refractivity contribution < 1.29 is 9.59 Å². The second kappa shape index (κ2) is 10.4. The van der Waals surface area contributed by atoms with Gasteiger partial charge in [0.2, 0.25) is 11.8 Å². The molecular formula is C26H31N5O2. The van der Waals surface area contributed by atoms with Crippen molar-refractivity contribution in [2.24, 2.45) is 0 Å². The van der Waals surface area contributed by atoms with Crippen LogP contribution in [0.4, 0.5) is 5.69 Å². The van der Waals surface area contributed by atoms with Gasteiger partial charge < -0.3 is 10.2 Å². The molecule has 2 aromatic carbocycles. The fraction of sp³-hybridized carbons (Fsp3) is 0.346. The molecule has 2 amide bonds. The third-order valence-electron chi connectivity index (χ3n) is 6.12. The van der Waals surface area contributed by atoms with Crippen LogP contribution in [0.1, 0.15) is 23.1 Å². The number of carbonyl (C=O) groups excluding carboxylic acids is 2. The van der Waals surface area contributed by atoms with Crippen molar-refractivity contribution in [3.05, 3.63) is 77.6 Å². The summed E-state index contributed by atoms with van der Waals surface area (Å²) in [5, 5.41) is 7.45. The van der Waals surface area contributed by atoms with Gasteiger partial charge >= 0.3 is 0 Å². The van der Waals surface area contributed by atoms with Gasteiger partial charge in [0.05, 0.1) is 18.4 Å². The molecule has 1 N–H and O–H groups in total. The SMILES string of the molecule is Cc1cccc(C)c1NC(=O)CN1CCN(C(=O)CCc2cnn(-c3ccccc3)c2)CC1. The van der Waals surface area contributed by atoms with E-state index in [-0.39, 0.29) is 11.8 Å². The van der Waals surface area contributed by atoms with Crippen LogP contribution in [-0.2, 0) is 16.0 Å². The molecule has 3 aromatic rings. The van der Waals surface area contributed by atoms with Crippen LogP contribution in [0, 0.1) is 13.8 Å². The Morgan fingerprint density at radius 2 is 1.64 bits per heavy atom. The molecule has 0 atom stereocenters. The summed E-state index contributed by atoms with van der Waals surface area (Å²) < 4.78 is 1.84. The molecule has 172 valence electrons. The minimum Gasteiger partial charge on any atom is -0.340 e. The van der Waals surface area contributed by atoms with E-state index in [2.05, 4.69) is 15.3 Å². The van der Waals surface area contributed by atoms with Crippen LogP contribution in [0.5, 0.6) is 0 Å². The van der Waals surface area contributed by atoms with Gasteiger partial charge in [0.1, 0.15) is 0 Å². The van der Waals surface area contributed by atoms with E-state index < -0.39 is 0 Å². The number of para-hydroxylation sites is 2. The minimum atomic E-state index is -0.0115. The molecule has 0 unspecified atom stereocenters. The van der Waals surface area contributed by atoms with E-state index in [1.807, 2.05) is 84.4 Å². The lowest BCUT2D eigenvalue weighted by Gasteiger charge is -2.34. The van der Waals surface area contributed by atoms with Gasteiger partial charge in [-0.3, -0.25) is 14.5 Å². The van der Waals surface area contributed by atoms with E-state index in [9.17, 15) is 9.59 Å². The number of rotatable bonds is 7. The Morgan fingerprint density at radius 3 is 2.33 bits per heavy atom. The number of anilines is 1. The molecule has 0 radical (unpaired) electrons. The maximum Gasteiger partial charge on any atom is 0.238 e. The van der Waals surface area contributed by atoms with E-state index in [4.69, 9.17) is 0 Å². The van der Waals surface area contributed by atoms with Crippen molar-refractivity contribution in [1.82, 2.24) is 19.6 Å². The summed E-state index contributed by atoms with van der Waals surface area (Å²) in [5.41, 5.74) is 5.08. The molecule has 2 heterocycles. The molecule has 4 rings (SSSR count). The van der Waals surface area contributed by atoms with E-state index in [0.717, 1.165) is 28.1 Å². The summed E-state index contributed by atoms with van der Waals surface area (Å²) >= 11 is 0. The van der Waals surface area contributed by atoms with Gasteiger partial charge in [0.25, 0.3) is 0 Å². The van der Waals surface area contributed by atoms with Crippen molar-refractivity contribution in [2.75, 3.05) is 38.0 Å². The Morgan fingerprint density at radius 1 is 0.939 bits per heavy atom. The molecule has 1 saturated heterocycles. The van der Waals surface area contributed by atoms with Gasteiger partial charge in [-0.25, -0.2) is 4.68 Å². The van der Waals surface area contributed by atoms with Crippen LogP contribution in [0.15, 0.2) is 60.9 Å². The highest BCUT2D eigenvalue weighted by molar-refractivity contribution is 5.93. The zero-order valence-corrected chi connectivity index (χ0v) is 19.3. The Kier molecular flexibility index (Phi) is 7.19. The summed E-state index contributed by atoms with van der Waals surface area (Å²) in [7, 11) is 0. The first kappa shape index (κ1) is 22.7. The second-order valence-corrected chi connectivity index (χ2v) is 8.60. The molecule has 0 aliphatic carbocycles. The molecule has 0 spiro atoms. The standard InChI is InChI=1S/C26H31N5O2/c1-20-7-6-8-21(2)26(20)28-24(32)19-29-13-15-30(16-14-29)25(33)12-11-22-17-27-31(18-22)23-9-4-3-5-10-23/h3-10,17-18H,11-16,19H2,1-2H3,(H,28,32). The molecule has 33 heavy (non-hydrogen) atoms. The number of carbonyl (C=O) groups is 2. The lowest BCUT2D eigenvalue weighted by atomic mass is 10.1. The van der Waals surface area contributed by atoms with E-state index in [1.54, 1.807) is 0 Å². The Hall–Kier alpha value is -3.45. The van der Waals surface area contributed by atoms with Crippen molar-refractivity contribution in [2.45, 2.75) is 26.7 Å². The first-order valence-corrected chi connectivity index (χ1v) is 11.4. The molecular weight excluding hydrogens is 414 g/mol. The minimum absolute atomic E-state index is 0.0115. The van der Waals surface area contributed by atoms with Gasteiger partial charge in [0.15, 0.2) is 0 Å². The lowest BCUT2D eigenvalue weighted by Crippen LogP contribution is -2.50. The zero-order chi connectivity index (χ0) is 23.2. The third kappa shape index (κ3) is 5.87. The monoisotopic (exact) mass is 445 g/mol. The number of nitrogens with zero attached hydrogens (tertiary/aromatic N) is 4. The number of nitrogens with one attached hydrogen (secondary N) is 1. The van der Waals surface area contributed by atoms with Crippen LogP contribution in [0.2, 0.25) is 0 Å². The summed E-state index contributed by atoms with van der Waals surface area (Å²) in [6.45, 7) is 7.06. The number of hydrogen-bond donors (Lipinski definition) is 1. The summed E-state index contributed by atoms with van der Waals surface area (Å²) in [5.74, 6) is 0.143. The summed E-state index contributed by atoms with van der Waals surface area (Å²) in [6, 6.07) is 15.9. The molecule has 1 aliphatic heterocycles. The van der Waals surface area contributed by atoms with Crippen LogP contribution < -0.4 is 5.32 Å². The number of hydrogen-bond acceptors (Lipinski definition) is 4. The van der Waals surface area contributed by atoms with Crippen LogP contribution in [0.25, 0.3) is 5.69 Å². The third-order valence-corrected chi connectivity index (χ3v) is 6.12. The van der Waals surface area contributed by atoms with Crippen molar-refractivity contribution >= 4 is 17.5 Å². The largest absolute Gasteiger partial charge is 0.340 e.